The third kappa shape index (κ3) is 3.56. The first-order chi connectivity index (χ1) is 14.4. The molecule has 0 fully saturated rings. The van der Waals surface area contributed by atoms with Gasteiger partial charge in [0.2, 0.25) is 5.95 Å². The predicted octanol–water partition coefficient (Wildman–Crippen LogP) is 3.99. The van der Waals surface area contributed by atoms with E-state index in [9.17, 15) is 4.79 Å². The van der Waals surface area contributed by atoms with E-state index in [1.54, 1.807) is 11.8 Å². The summed E-state index contributed by atoms with van der Waals surface area (Å²) in [5, 5.41) is 18.1. The number of rotatable bonds is 4. The molecular weight excluding hydrogens is 448 g/mol. The van der Waals surface area contributed by atoms with Crippen LogP contribution >= 0.6 is 15.9 Å². The average Bonchev–Trinajstić information content (AvgIpc) is 3.16. The Morgan fingerprint density at radius 3 is 2.70 bits per heavy atom. The SMILES string of the molecule is COc1ccc(C2C(C(=O)Nc3ccc(C)cc3C)=C(C)Nc3nnnn32)cc1Br. The van der Waals surface area contributed by atoms with E-state index in [0.717, 1.165) is 26.9 Å². The van der Waals surface area contributed by atoms with Crippen molar-refractivity contribution in [2.75, 3.05) is 17.7 Å². The zero-order valence-electron chi connectivity index (χ0n) is 17.0. The number of aromatic nitrogens is 4. The molecule has 1 unspecified atom stereocenters. The topological polar surface area (TPSA) is 94.0 Å². The van der Waals surface area contributed by atoms with Gasteiger partial charge in [-0.1, -0.05) is 28.9 Å². The van der Waals surface area contributed by atoms with Crippen LogP contribution < -0.4 is 15.4 Å². The molecule has 0 saturated heterocycles. The number of amides is 1. The molecule has 8 nitrogen and oxygen atoms in total. The molecule has 1 amide bonds. The van der Waals surface area contributed by atoms with Crippen molar-refractivity contribution in [2.45, 2.75) is 26.8 Å². The van der Waals surface area contributed by atoms with E-state index in [0.29, 0.717) is 23.0 Å². The number of halogens is 1. The lowest BCUT2D eigenvalue weighted by Gasteiger charge is -2.28. The molecule has 30 heavy (non-hydrogen) atoms. The number of hydrogen-bond donors (Lipinski definition) is 2. The van der Waals surface area contributed by atoms with Crippen LogP contribution in [0.5, 0.6) is 5.75 Å². The highest BCUT2D eigenvalue weighted by Gasteiger charge is 2.34. The van der Waals surface area contributed by atoms with Crippen molar-refractivity contribution in [3.8, 4) is 5.75 Å². The van der Waals surface area contributed by atoms with Crippen LogP contribution in [0.1, 0.15) is 29.7 Å². The summed E-state index contributed by atoms with van der Waals surface area (Å²) in [6, 6.07) is 11.1. The van der Waals surface area contributed by atoms with Gasteiger partial charge in [-0.05, 0) is 76.5 Å². The maximum absolute atomic E-state index is 13.4. The van der Waals surface area contributed by atoms with Crippen LogP contribution in [0.25, 0.3) is 0 Å². The van der Waals surface area contributed by atoms with Crippen molar-refractivity contribution < 1.29 is 9.53 Å². The van der Waals surface area contributed by atoms with Gasteiger partial charge in [0.05, 0.1) is 17.2 Å². The lowest BCUT2D eigenvalue weighted by Crippen LogP contribution is -2.31. The minimum atomic E-state index is -0.496. The van der Waals surface area contributed by atoms with E-state index in [4.69, 9.17) is 4.74 Å². The Morgan fingerprint density at radius 1 is 1.20 bits per heavy atom. The molecule has 0 radical (unpaired) electrons. The molecule has 3 aromatic rings. The third-order valence-corrected chi connectivity index (χ3v) is 5.70. The number of aryl methyl sites for hydroxylation is 2. The second-order valence-corrected chi connectivity index (χ2v) is 8.03. The number of ether oxygens (including phenoxy) is 1. The number of hydrogen-bond acceptors (Lipinski definition) is 6. The van der Waals surface area contributed by atoms with E-state index < -0.39 is 6.04 Å². The molecule has 2 aromatic carbocycles. The minimum absolute atomic E-state index is 0.218. The molecule has 0 aliphatic carbocycles. The number of fused-ring (bicyclic) bond motifs is 1. The number of carbonyl (C=O) groups excluding carboxylic acids is 1. The fourth-order valence-corrected chi connectivity index (χ4v) is 4.17. The van der Waals surface area contributed by atoms with E-state index in [1.165, 1.54) is 0 Å². The van der Waals surface area contributed by atoms with Crippen molar-refractivity contribution in [1.29, 1.82) is 0 Å². The summed E-state index contributed by atoms with van der Waals surface area (Å²) in [7, 11) is 1.61. The highest BCUT2D eigenvalue weighted by molar-refractivity contribution is 9.10. The fraction of sp³-hybridized carbons (Fsp3) is 0.238. The van der Waals surface area contributed by atoms with Gasteiger partial charge >= 0.3 is 0 Å². The Morgan fingerprint density at radius 2 is 2.00 bits per heavy atom. The summed E-state index contributed by atoms with van der Waals surface area (Å²) >= 11 is 3.53. The van der Waals surface area contributed by atoms with Gasteiger partial charge in [-0.15, -0.1) is 0 Å². The van der Waals surface area contributed by atoms with Crippen LogP contribution in [-0.2, 0) is 4.79 Å². The largest absolute Gasteiger partial charge is 0.496 e. The van der Waals surface area contributed by atoms with Gasteiger partial charge in [0.15, 0.2) is 0 Å². The summed E-state index contributed by atoms with van der Waals surface area (Å²) in [5.41, 5.74) is 4.98. The summed E-state index contributed by atoms with van der Waals surface area (Å²) in [5.74, 6) is 0.962. The zero-order chi connectivity index (χ0) is 21.4. The van der Waals surface area contributed by atoms with E-state index in [1.807, 2.05) is 57.2 Å². The molecule has 1 aromatic heterocycles. The quantitative estimate of drug-likeness (QED) is 0.600. The van der Waals surface area contributed by atoms with Gasteiger partial charge in [-0.3, -0.25) is 4.79 Å². The predicted molar refractivity (Wildman–Crippen MR) is 118 cm³/mol. The van der Waals surface area contributed by atoms with Crippen molar-refractivity contribution in [1.82, 2.24) is 20.2 Å². The summed E-state index contributed by atoms with van der Waals surface area (Å²) in [6.45, 7) is 5.84. The Balaban J connectivity index is 1.77. The monoisotopic (exact) mass is 468 g/mol. The Bertz CT molecular complexity index is 1170. The summed E-state index contributed by atoms with van der Waals surface area (Å²) in [4.78, 5) is 13.4. The van der Waals surface area contributed by atoms with E-state index in [-0.39, 0.29) is 5.91 Å². The van der Waals surface area contributed by atoms with Crippen molar-refractivity contribution in [3.05, 3.63) is 68.8 Å². The third-order valence-electron chi connectivity index (χ3n) is 5.08. The highest BCUT2D eigenvalue weighted by Crippen LogP contribution is 2.37. The molecule has 0 saturated carbocycles. The summed E-state index contributed by atoms with van der Waals surface area (Å²) in [6.07, 6.45) is 0. The highest BCUT2D eigenvalue weighted by atomic mass is 79.9. The fourth-order valence-electron chi connectivity index (χ4n) is 3.61. The Labute approximate surface area is 182 Å². The van der Waals surface area contributed by atoms with Gasteiger partial charge in [0, 0.05) is 11.4 Å². The second-order valence-electron chi connectivity index (χ2n) is 7.18. The molecule has 1 aliphatic heterocycles. The normalized spacial score (nSPS) is 15.4. The van der Waals surface area contributed by atoms with Crippen LogP contribution in [0.2, 0.25) is 0 Å². The van der Waals surface area contributed by atoms with Crippen LogP contribution in [0, 0.1) is 13.8 Å². The van der Waals surface area contributed by atoms with Gasteiger partial charge < -0.3 is 15.4 Å². The number of carbonyl (C=O) groups is 1. The van der Waals surface area contributed by atoms with Gasteiger partial charge in [-0.25, -0.2) is 0 Å². The van der Waals surface area contributed by atoms with Crippen LogP contribution in [0.3, 0.4) is 0 Å². The van der Waals surface area contributed by atoms with Crippen LogP contribution in [0.4, 0.5) is 11.6 Å². The minimum Gasteiger partial charge on any atom is -0.496 e. The number of anilines is 2. The first-order valence-electron chi connectivity index (χ1n) is 9.36. The first kappa shape index (κ1) is 20.1. The number of allylic oxidation sites excluding steroid dienone is 1. The molecule has 4 rings (SSSR count). The van der Waals surface area contributed by atoms with Crippen LogP contribution in [-0.4, -0.2) is 33.2 Å². The molecule has 1 aliphatic rings. The van der Waals surface area contributed by atoms with Gasteiger partial charge in [0.1, 0.15) is 11.8 Å². The first-order valence-corrected chi connectivity index (χ1v) is 10.2. The van der Waals surface area contributed by atoms with Crippen molar-refractivity contribution in [2.24, 2.45) is 0 Å². The summed E-state index contributed by atoms with van der Waals surface area (Å²) < 4.78 is 7.73. The van der Waals surface area contributed by atoms with Gasteiger partial charge in [-0.2, -0.15) is 4.68 Å². The van der Waals surface area contributed by atoms with Crippen molar-refractivity contribution >= 4 is 33.5 Å². The zero-order valence-corrected chi connectivity index (χ0v) is 18.6. The smallest absolute Gasteiger partial charge is 0.255 e. The molecule has 2 N–H and O–H groups in total. The molecular formula is C21H21BrN6O2. The van der Waals surface area contributed by atoms with Crippen LogP contribution in [0.15, 0.2) is 52.1 Å². The van der Waals surface area contributed by atoms with Crippen molar-refractivity contribution in [3.63, 3.8) is 0 Å². The standard InChI is InChI=1S/C21H21BrN6O2/c1-11-5-7-16(12(2)9-11)24-20(29)18-13(3)23-21-25-26-27-28(21)19(18)14-6-8-17(30-4)15(22)10-14/h5-10,19H,1-4H3,(H,24,29)(H,23,25,27). The molecule has 0 spiro atoms. The number of nitrogens with one attached hydrogen (secondary N) is 2. The van der Waals surface area contributed by atoms with Gasteiger partial charge in [0.25, 0.3) is 5.91 Å². The Kier molecular flexibility index (Phi) is 5.29. The van der Waals surface area contributed by atoms with E-state index in [2.05, 4.69) is 42.1 Å². The lowest BCUT2D eigenvalue weighted by molar-refractivity contribution is -0.113. The average molecular weight is 469 g/mol. The molecule has 9 heteroatoms. The molecule has 0 bridgehead atoms. The number of nitrogens with zero attached hydrogens (tertiary/aromatic N) is 4. The second kappa shape index (κ2) is 7.91. The maximum atomic E-state index is 13.4. The molecule has 2 heterocycles. The number of tetrazole rings is 1. The number of methoxy groups -OCH3 is 1. The Hall–Kier alpha value is -3.20. The molecule has 1 atom stereocenters. The van der Waals surface area contributed by atoms with E-state index >= 15 is 0 Å². The molecule has 154 valence electrons. The number of benzene rings is 2. The maximum Gasteiger partial charge on any atom is 0.255 e. The lowest BCUT2D eigenvalue weighted by atomic mass is 9.94.